The molecule has 0 aromatic heterocycles. The van der Waals surface area contributed by atoms with Crippen molar-refractivity contribution in [1.82, 2.24) is 0 Å². The van der Waals surface area contributed by atoms with Gasteiger partial charge in [-0.1, -0.05) is 26.2 Å². The molecule has 0 aromatic carbocycles. The minimum absolute atomic E-state index is 0.261. The van der Waals surface area contributed by atoms with Crippen molar-refractivity contribution in [3.63, 3.8) is 0 Å². The highest BCUT2D eigenvalue weighted by Gasteiger charge is 2.47. The van der Waals surface area contributed by atoms with Gasteiger partial charge < -0.3 is 10.5 Å². The molecular weight excluding hydrogens is 222 g/mol. The van der Waals surface area contributed by atoms with Gasteiger partial charge in [-0.15, -0.1) is 0 Å². The van der Waals surface area contributed by atoms with Gasteiger partial charge >= 0.3 is 0 Å². The Morgan fingerprint density at radius 2 is 1.78 bits per heavy atom. The average Bonchev–Trinajstić information content (AvgIpc) is 2.72. The Morgan fingerprint density at radius 3 is 2.44 bits per heavy atom. The van der Waals surface area contributed by atoms with Gasteiger partial charge in [0.15, 0.2) is 0 Å². The van der Waals surface area contributed by atoms with Crippen molar-refractivity contribution in [1.29, 1.82) is 0 Å². The van der Waals surface area contributed by atoms with E-state index in [4.69, 9.17) is 10.5 Å². The quantitative estimate of drug-likeness (QED) is 0.772. The van der Waals surface area contributed by atoms with Gasteiger partial charge in [0.2, 0.25) is 0 Å². The molecule has 1 heterocycles. The maximum absolute atomic E-state index is 6.24. The zero-order chi connectivity index (χ0) is 12.6. The summed E-state index contributed by atoms with van der Waals surface area (Å²) in [4.78, 5) is 0. The summed E-state index contributed by atoms with van der Waals surface area (Å²) in [7, 11) is 0. The van der Waals surface area contributed by atoms with Crippen LogP contribution in [0, 0.1) is 11.3 Å². The first-order chi connectivity index (χ1) is 8.62. The normalized spacial score (nSPS) is 44.3. The molecule has 2 nitrogen and oxygen atoms in total. The molecule has 2 saturated carbocycles. The second-order valence-corrected chi connectivity index (χ2v) is 7.44. The molecule has 1 aliphatic heterocycles. The smallest absolute Gasteiger partial charge is 0.0685 e. The molecule has 104 valence electrons. The Kier molecular flexibility index (Phi) is 3.44. The van der Waals surface area contributed by atoms with Gasteiger partial charge in [0.25, 0.3) is 0 Å². The van der Waals surface area contributed by atoms with Crippen molar-refractivity contribution in [3.05, 3.63) is 0 Å². The van der Waals surface area contributed by atoms with E-state index in [1.165, 1.54) is 64.2 Å². The lowest BCUT2D eigenvalue weighted by Gasteiger charge is -2.48. The minimum Gasteiger partial charge on any atom is -0.375 e. The summed E-state index contributed by atoms with van der Waals surface area (Å²) in [5.74, 6) is 0.859. The topological polar surface area (TPSA) is 35.2 Å². The lowest BCUT2D eigenvalue weighted by Crippen LogP contribution is -2.45. The molecule has 2 heteroatoms. The molecule has 3 unspecified atom stereocenters. The predicted molar refractivity (Wildman–Crippen MR) is 74.4 cm³/mol. The number of nitrogens with two attached hydrogens (primary N) is 1. The molecule has 0 amide bonds. The van der Waals surface area contributed by atoms with Crippen LogP contribution in [0.25, 0.3) is 0 Å². The zero-order valence-corrected chi connectivity index (χ0v) is 11.9. The third kappa shape index (κ3) is 2.34. The van der Waals surface area contributed by atoms with Crippen molar-refractivity contribution in [3.8, 4) is 0 Å². The van der Waals surface area contributed by atoms with E-state index in [1.807, 2.05) is 0 Å². The number of hydrogen-bond donors (Lipinski definition) is 1. The predicted octanol–water partition coefficient (Wildman–Crippen LogP) is 3.63. The van der Waals surface area contributed by atoms with Crippen molar-refractivity contribution in [2.75, 3.05) is 6.61 Å². The van der Waals surface area contributed by atoms with Crippen molar-refractivity contribution < 1.29 is 4.74 Å². The van der Waals surface area contributed by atoms with Gasteiger partial charge in [-0.05, 0) is 56.3 Å². The van der Waals surface area contributed by atoms with E-state index in [0.717, 1.165) is 12.5 Å². The summed E-state index contributed by atoms with van der Waals surface area (Å²) in [5.41, 5.74) is 6.92. The Balaban J connectivity index is 1.70. The molecule has 2 aliphatic carbocycles. The fraction of sp³-hybridized carbons (Fsp3) is 1.00. The summed E-state index contributed by atoms with van der Waals surface area (Å²) in [6, 6.07) is 0.458. The molecule has 1 spiro atoms. The fourth-order valence-corrected chi connectivity index (χ4v) is 4.86. The molecule has 2 N–H and O–H groups in total. The van der Waals surface area contributed by atoms with Gasteiger partial charge in [0.05, 0.1) is 5.60 Å². The molecular formula is C16H29NO. The largest absolute Gasteiger partial charge is 0.375 e. The lowest BCUT2D eigenvalue weighted by molar-refractivity contribution is -0.135. The van der Waals surface area contributed by atoms with Crippen molar-refractivity contribution in [2.24, 2.45) is 17.1 Å². The Labute approximate surface area is 112 Å². The van der Waals surface area contributed by atoms with Crippen LogP contribution in [0.4, 0.5) is 0 Å². The van der Waals surface area contributed by atoms with Crippen LogP contribution in [0.15, 0.2) is 0 Å². The molecule has 3 rings (SSSR count). The van der Waals surface area contributed by atoms with E-state index in [9.17, 15) is 0 Å². The summed E-state index contributed by atoms with van der Waals surface area (Å²) < 4.78 is 6.24. The number of hydrogen-bond acceptors (Lipinski definition) is 2. The first kappa shape index (κ1) is 12.9. The van der Waals surface area contributed by atoms with E-state index in [2.05, 4.69) is 6.92 Å². The Bertz CT molecular complexity index is 292. The SMILES string of the molecule is CC1(C2CCOC3(CCCCC3)C2)CCC(N)C1. The van der Waals surface area contributed by atoms with Gasteiger partial charge in [-0.25, -0.2) is 0 Å². The van der Waals surface area contributed by atoms with E-state index in [0.29, 0.717) is 11.5 Å². The van der Waals surface area contributed by atoms with Gasteiger partial charge in [-0.3, -0.25) is 0 Å². The van der Waals surface area contributed by atoms with Crippen LogP contribution in [0.5, 0.6) is 0 Å². The van der Waals surface area contributed by atoms with E-state index in [1.54, 1.807) is 0 Å². The van der Waals surface area contributed by atoms with Gasteiger partial charge in [-0.2, -0.15) is 0 Å². The second-order valence-electron chi connectivity index (χ2n) is 7.44. The summed E-state index contributed by atoms with van der Waals surface area (Å²) >= 11 is 0. The highest BCUT2D eigenvalue weighted by molar-refractivity contribution is 4.98. The maximum atomic E-state index is 6.24. The third-order valence-corrected chi connectivity index (χ3v) is 6.06. The molecule has 3 atom stereocenters. The highest BCUT2D eigenvalue weighted by Crippen LogP contribution is 2.52. The number of ether oxygens (including phenoxy) is 1. The first-order valence-corrected chi connectivity index (χ1v) is 8.02. The van der Waals surface area contributed by atoms with Crippen LogP contribution in [-0.4, -0.2) is 18.2 Å². The average molecular weight is 251 g/mol. The van der Waals surface area contributed by atoms with E-state index < -0.39 is 0 Å². The first-order valence-electron chi connectivity index (χ1n) is 8.02. The van der Waals surface area contributed by atoms with Crippen LogP contribution in [0.3, 0.4) is 0 Å². The maximum Gasteiger partial charge on any atom is 0.0685 e. The minimum atomic E-state index is 0.261. The molecule has 0 bridgehead atoms. The van der Waals surface area contributed by atoms with Gasteiger partial charge in [0.1, 0.15) is 0 Å². The number of rotatable bonds is 1. The fourth-order valence-electron chi connectivity index (χ4n) is 4.86. The summed E-state index contributed by atoms with van der Waals surface area (Å²) in [6.07, 6.45) is 13.2. The second kappa shape index (κ2) is 4.79. The van der Waals surface area contributed by atoms with E-state index >= 15 is 0 Å². The Morgan fingerprint density at radius 1 is 1.00 bits per heavy atom. The highest BCUT2D eigenvalue weighted by atomic mass is 16.5. The van der Waals surface area contributed by atoms with Gasteiger partial charge in [0, 0.05) is 12.6 Å². The summed E-state index contributed by atoms with van der Waals surface area (Å²) in [5, 5.41) is 0. The van der Waals surface area contributed by atoms with Crippen LogP contribution < -0.4 is 5.73 Å². The van der Waals surface area contributed by atoms with Crippen LogP contribution in [-0.2, 0) is 4.74 Å². The molecule has 3 aliphatic rings. The summed E-state index contributed by atoms with van der Waals surface area (Å²) in [6.45, 7) is 3.49. The van der Waals surface area contributed by atoms with Crippen molar-refractivity contribution >= 4 is 0 Å². The molecule has 1 saturated heterocycles. The van der Waals surface area contributed by atoms with Crippen molar-refractivity contribution in [2.45, 2.75) is 82.8 Å². The molecule has 0 aromatic rings. The van der Waals surface area contributed by atoms with Crippen LogP contribution in [0.1, 0.15) is 71.1 Å². The molecule has 18 heavy (non-hydrogen) atoms. The van der Waals surface area contributed by atoms with Crippen LogP contribution >= 0.6 is 0 Å². The van der Waals surface area contributed by atoms with E-state index in [-0.39, 0.29) is 5.60 Å². The molecule has 0 radical (unpaired) electrons. The molecule has 3 fully saturated rings. The van der Waals surface area contributed by atoms with Crippen LogP contribution in [0.2, 0.25) is 0 Å². The standard InChI is InChI=1S/C16H29NO/c1-15(9-5-14(17)12-15)13-6-10-18-16(11-13)7-3-2-4-8-16/h13-14H,2-12,17H2,1H3. The third-order valence-electron chi connectivity index (χ3n) is 6.06. The monoisotopic (exact) mass is 251 g/mol. The zero-order valence-electron chi connectivity index (χ0n) is 11.9. The Hall–Kier alpha value is -0.0800. The lowest BCUT2D eigenvalue weighted by atomic mass is 9.65.